The second kappa shape index (κ2) is 4.71. The molecule has 0 aliphatic heterocycles. The van der Waals surface area contributed by atoms with E-state index in [1.807, 2.05) is 32.2 Å². The summed E-state index contributed by atoms with van der Waals surface area (Å²) in [4.78, 5) is 11.9. The van der Waals surface area contributed by atoms with Crippen molar-refractivity contribution in [2.45, 2.75) is 6.92 Å². The van der Waals surface area contributed by atoms with Gasteiger partial charge in [-0.25, -0.2) is 0 Å². The molecule has 0 fully saturated rings. The number of amides is 1. The largest absolute Gasteiger partial charge is 0.305 e. The first-order chi connectivity index (χ1) is 8.06. The molecule has 0 aliphatic carbocycles. The van der Waals surface area contributed by atoms with Crippen LogP contribution < -0.4 is 5.32 Å². The second-order valence-electron chi connectivity index (χ2n) is 3.76. The third-order valence-corrected chi connectivity index (χ3v) is 2.99. The van der Waals surface area contributed by atoms with Crippen molar-refractivity contribution >= 4 is 27.7 Å². The Hall–Kier alpha value is -1.62. The summed E-state index contributed by atoms with van der Waals surface area (Å²) >= 11 is 3.33. The van der Waals surface area contributed by atoms with Gasteiger partial charge >= 0.3 is 0 Å². The highest BCUT2D eigenvalue weighted by molar-refractivity contribution is 9.10. The van der Waals surface area contributed by atoms with E-state index in [-0.39, 0.29) is 5.91 Å². The van der Waals surface area contributed by atoms with Crippen molar-refractivity contribution in [1.29, 1.82) is 0 Å². The Morgan fingerprint density at radius 2 is 2.00 bits per heavy atom. The Morgan fingerprint density at radius 1 is 1.35 bits per heavy atom. The Bertz CT molecular complexity index is 526. The summed E-state index contributed by atoms with van der Waals surface area (Å²) in [6, 6.07) is 9.01. The van der Waals surface area contributed by atoms with Crippen LogP contribution in [0, 0.1) is 6.92 Å². The molecular formula is C12H12BrN3O. The van der Waals surface area contributed by atoms with Gasteiger partial charge in [-0.3, -0.25) is 9.48 Å². The van der Waals surface area contributed by atoms with Crippen LogP contribution in [0.1, 0.15) is 16.1 Å². The van der Waals surface area contributed by atoms with Crippen LogP contribution in [0.2, 0.25) is 0 Å². The van der Waals surface area contributed by atoms with Gasteiger partial charge < -0.3 is 5.32 Å². The molecule has 1 aromatic heterocycles. The molecule has 4 nitrogen and oxygen atoms in total. The molecule has 5 heteroatoms. The third-order valence-electron chi connectivity index (χ3n) is 2.46. The fourth-order valence-corrected chi connectivity index (χ4v) is 1.68. The van der Waals surface area contributed by atoms with Gasteiger partial charge in [0, 0.05) is 28.8 Å². The number of halogens is 1. The van der Waals surface area contributed by atoms with Gasteiger partial charge in [-0.1, -0.05) is 15.9 Å². The van der Waals surface area contributed by atoms with E-state index in [9.17, 15) is 4.79 Å². The molecule has 0 unspecified atom stereocenters. The van der Waals surface area contributed by atoms with Gasteiger partial charge in [0.1, 0.15) is 0 Å². The van der Waals surface area contributed by atoms with Gasteiger partial charge in [0.2, 0.25) is 0 Å². The Balaban J connectivity index is 2.14. The maximum atomic E-state index is 11.9. The molecule has 1 amide bonds. The molecule has 0 spiro atoms. The molecule has 17 heavy (non-hydrogen) atoms. The lowest BCUT2D eigenvalue weighted by Gasteiger charge is -2.01. The van der Waals surface area contributed by atoms with Crippen LogP contribution >= 0.6 is 15.9 Å². The highest BCUT2D eigenvalue weighted by Gasteiger charge is 2.08. The normalized spacial score (nSPS) is 10.3. The van der Waals surface area contributed by atoms with Crippen molar-refractivity contribution in [3.05, 3.63) is 46.1 Å². The zero-order valence-electron chi connectivity index (χ0n) is 9.57. The van der Waals surface area contributed by atoms with E-state index in [4.69, 9.17) is 0 Å². The summed E-state index contributed by atoms with van der Waals surface area (Å²) in [5.41, 5.74) is 1.60. The standard InChI is InChI=1S/C12H12BrN3O/c1-8-7-11(15-16(8)2)14-12(17)9-3-5-10(13)6-4-9/h3-7H,1-2H3,(H,14,15,17). The molecule has 0 radical (unpaired) electrons. The lowest BCUT2D eigenvalue weighted by atomic mass is 10.2. The molecule has 2 aromatic rings. The number of carbonyl (C=O) groups excluding carboxylic acids is 1. The van der Waals surface area contributed by atoms with E-state index < -0.39 is 0 Å². The number of nitrogens with zero attached hydrogens (tertiary/aromatic N) is 2. The molecule has 0 aliphatic rings. The van der Waals surface area contributed by atoms with Crippen LogP contribution in [-0.2, 0) is 7.05 Å². The van der Waals surface area contributed by atoms with Crippen molar-refractivity contribution in [3.8, 4) is 0 Å². The van der Waals surface area contributed by atoms with Crippen LogP contribution in [0.3, 0.4) is 0 Å². The van der Waals surface area contributed by atoms with Crippen molar-refractivity contribution in [2.24, 2.45) is 7.05 Å². The predicted octanol–water partition coefficient (Wildman–Crippen LogP) is 2.74. The molecule has 2 rings (SSSR count). The average Bonchev–Trinajstić information content (AvgIpc) is 2.58. The first kappa shape index (κ1) is 11.9. The van der Waals surface area contributed by atoms with E-state index in [0.717, 1.165) is 10.2 Å². The highest BCUT2D eigenvalue weighted by atomic mass is 79.9. The molecule has 1 aromatic carbocycles. The monoisotopic (exact) mass is 293 g/mol. The van der Waals surface area contributed by atoms with Gasteiger partial charge in [-0.15, -0.1) is 0 Å². The lowest BCUT2D eigenvalue weighted by molar-refractivity contribution is 0.102. The number of aromatic nitrogens is 2. The summed E-state index contributed by atoms with van der Waals surface area (Å²) in [6.45, 7) is 1.93. The van der Waals surface area contributed by atoms with E-state index in [1.54, 1.807) is 16.8 Å². The van der Waals surface area contributed by atoms with Crippen LogP contribution in [0.25, 0.3) is 0 Å². The molecule has 1 N–H and O–H groups in total. The summed E-state index contributed by atoms with van der Waals surface area (Å²) < 4.78 is 2.67. The topological polar surface area (TPSA) is 46.9 Å². The number of nitrogens with one attached hydrogen (secondary N) is 1. The Kier molecular flexibility index (Phi) is 3.28. The number of rotatable bonds is 2. The van der Waals surface area contributed by atoms with Gasteiger partial charge in [0.25, 0.3) is 5.91 Å². The molecule has 0 saturated heterocycles. The van der Waals surface area contributed by atoms with Gasteiger partial charge in [-0.05, 0) is 31.2 Å². The minimum atomic E-state index is -0.157. The smallest absolute Gasteiger partial charge is 0.256 e. The van der Waals surface area contributed by atoms with Crippen molar-refractivity contribution in [3.63, 3.8) is 0 Å². The Morgan fingerprint density at radius 3 is 2.53 bits per heavy atom. The lowest BCUT2D eigenvalue weighted by Crippen LogP contribution is -2.12. The Labute approximate surface area is 108 Å². The first-order valence-corrected chi connectivity index (χ1v) is 5.93. The number of benzene rings is 1. The quantitative estimate of drug-likeness (QED) is 0.925. The molecule has 0 atom stereocenters. The van der Waals surface area contributed by atoms with Crippen molar-refractivity contribution < 1.29 is 4.79 Å². The minimum Gasteiger partial charge on any atom is -0.305 e. The summed E-state index contributed by atoms with van der Waals surface area (Å²) in [5, 5.41) is 6.92. The molecule has 0 bridgehead atoms. The van der Waals surface area contributed by atoms with Crippen LogP contribution in [0.5, 0.6) is 0 Å². The number of anilines is 1. The second-order valence-corrected chi connectivity index (χ2v) is 4.67. The van der Waals surface area contributed by atoms with Crippen molar-refractivity contribution in [2.75, 3.05) is 5.32 Å². The maximum absolute atomic E-state index is 11.9. The predicted molar refractivity (Wildman–Crippen MR) is 70.0 cm³/mol. The van der Waals surface area contributed by atoms with Crippen LogP contribution in [0.15, 0.2) is 34.8 Å². The fraction of sp³-hybridized carbons (Fsp3) is 0.167. The summed E-state index contributed by atoms with van der Waals surface area (Å²) in [5.74, 6) is 0.411. The number of carbonyl (C=O) groups is 1. The number of aryl methyl sites for hydroxylation is 2. The first-order valence-electron chi connectivity index (χ1n) is 5.14. The zero-order valence-corrected chi connectivity index (χ0v) is 11.2. The maximum Gasteiger partial charge on any atom is 0.256 e. The van der Waals surface area contributed by atoms with Crippen molar-refractivity contribution in [1.82, 2.24) is 9.78 Å². The zero-order chi connectivity index (χ0) is 12.4. The van der Waals surface area contributed by atoms with Gasteiger partial charge in [0.05, 0.1) is 0 Å². The molecule has 1 heterocycles. The van der Waals surface area contributed by atoms with Crippen LogP contribution in [0.4, 0.5) is 5.82 Å². The van der Waals surface area contributed by atoms with E-state index in [2.05, 4.69) is 26.3 Å². The molecular weight excluding hydrogens is 282 g/mol. The number of hydrogen-bond donors (Lipinski definition) is 1. The average molecular weight is 294 g/mol. The molecule has 88 valence electrons. The minimum absolute atomic E-state index is 0.157. The molecule has 0 saturated carbocycles. The van der Waals surface area contributed by atoms with Gasteiger partial charge in [0.15, 0.2) is 5.82 Å². The van der Waals surface area contributed by atoms with E-state index in [1.165, 1.54) is 0 Å². The summed E-state index contributed by atoms with van der Waals surface area (Å²) in [7, 11) is 1.84. The van der Waals surface area contributed by atoms with E-state index >= 15 is 0 Å². The highest BCUT2D eigenvalue weighted by Crippen LogP contribution is 2.13. The number of hydrogen-bond acceptors (Lipinski definition) is 2. The fourth-order valence-electron chi connectivity index (χ4n) is 1.41. The third kappa shape index (κ3) is 2.74. The summed E-state index contributed by atoms with van der Waals surface area (Å²) in [6.07, 6.45) is 0. The SMILES string of the molecule is Cc1cc(NC(=O)c2ccc(Br)cc2)nn1C. The van der Waals surface area contributed by atoms with Crippen LogP contribution in [-0.4, -0.2) is 15.7 Å². The van der Waals surface area contributed by atoms with Gasteiger partial charge in [-0.2, -0.15) is 5.10 Å². The van der Waals surface area contributed by atoms with E-state index in [0.29, 0.717) is 11.4 Å².